The zero-order chi connectivity index (χ0) is 9.97. The number of hydrogen-bond donors (Lipinski definition) is 1. The molecule has 1 fully saturated rings. The van der Waals surface area contributed by atoms with Crippen molar-refractivity contribution < 1.29 is 0 Å². The van der Waals surface area contributed by atoms with Crippen molar-refractivity contribution in [3.8, 4) is 0 Å². The molecule has 3 unspecified atom stereocenters. The first-order chi connectivity index (χ1) is 6.81. The molecule has 0 saturated heterocycles. The molecule has 1 N–H and O–H groups in total. The van der Waals surface area contributed by atoms with Gasteiger partial charge in [0, 0.05) is 18.3 Å². The smallest absolute Gasteiger partial charge is 0.0570 e. The molecule has 2 nitrogen and oxygen atoms in total. The summed E-state index contributed by atoms with van der Waals surface area (Å²) in [4.78, 5) is 4.35. The molecule has 1 aliphatic rings. The van der Waals surface area contributed by atoms with Gasteiger partial charge in [0.1, 0.15) is 0 Å². The molecule has 1 aromatic heterocycles. The molecule has 2 rings (SSSR count). The quantitative estimate of drug-likeness (QED) is 0.789. The highest BCUT2D eigenvalue weighted by Gasteiger charge is 2.35. The Kier molecular flexibility index (Phi) is 2.82. The van der Waals surface area contributed by atoms with Gasteiger partial charge in [0.15, 0.2) is 0 Å². The van der Waals surface area contributed by atoms with Gasteiger partial charge >= 0.3 is 0 Å². The van der Waals surface area contributed by atoms with Gasteiger partial charge in [-0.3, -0.25) is 4.98 Å². The highest BCUT2D eigenvalue weighted by Crippen LogP contribution is 2.34. The van der Waals surface area contributed by atoms with Crippen LogP contribution in [-0.2, 0) is 0 Å². The molecule has 76 valence electrons. The average Bonchev–Trinajstić information content (AvgIpc) is 2.98. The topological polar surface area (TPSA) is 24.9 Å². The highest BCUT2D eigenvalue weighted by atomic mass is 15.0. The van der Waals surface area contributed by atoms with Crippen LogP contribution in [0.4, 0.5) is 0 Å². The van der Waals surface area contributed by atoms with E-state index in [-0.39, 0.29) is 0 Å². The Morgan fingerprint density at radius 1 is 1.57 bits per heavy atom. The average molecular weight is 190 g/mol. The van der Waals surface area contributed by atoms with Crippen LogP contribution in [0.1, 0.15) is 38.4 Å². The third kappa shape index (κ3) is 2.13. The molecule has 2 heteroatoms. The number of aromatic nitrogens is 1. The van der Waals surface area contributed by atoms with Gasteiger partial charge in [-0.25, -0.2) is 0 Å². The van der Waals surface area contributed by atoms with Crippen LogP contribution >= 0.6 is 0 Å². The largest absolute Gasteiger partial charge is 0.306 e. The fraction of sp³-hybridized carbons (Fsp3) is 0.583. The van der Waals surface area contributed by atoms with Gasteiger partial charge < -0.3 is 5.32 Å². The minimum atomic E-state index is 0.387. The van der Waals surface area contributed by atoms with Crippen LogP contribution in [-0.4, -0.2) is 11.0 Å². The summed E-state index contributed by atoms with van der Waals surface area (Å²) in [5.74, 6) is 0.904. The molecule has 0 bridgehead atoms. The second-order valence-electron chi connectivity index (χ2n) is 4.15. The van der Waals surface area contributed by atoms with Gasteiger partial charge in [0.05, 0.1) is 5.69 Å². The summed E-state index contributed by atoms with van der Waals surface area (Å²) < 4.78 is 0. The van der Waals surface area contributed by atoms with Crippen LogP contribution in [0, 0.1) is 5.92 Å². The Balaban J connectivity index is 1.88. The first-order valence-corrected chi connectivity index (χ1v) is 5.48. The van der Waals surface area contributed by atoms with E-state index in [0.29, 0.717) is 6.04 Å². The molecule has 1 aromatic rings. The lowest BCUT2D eigenvalue weighted by Crippen LogP contribution is -2.23. The number of rotatable bonds is 4. The van der Waals surface area contributed by atoms with Gasteiger partial charge in [0.25, 0.3) is 0 Å². The Labute approximate surface area is 85.7 Å². The molecule has 3 atom stereocenters. The van der Waals surface area contributed by atoms with Crippen LogP contribution < -0.4 is 5.32 Å². The molecule has 14 heavy (non-hydrogen) atoms. The van der Waals surface area contributed by atoms with E-state index in [1.165, 1.54) is 12.8 Å². The zero-order valence-corrected chi connectivity index (χ0v) is 8.90. The van der Waals surface area contributed by atoms with E-state index < -0.39 is 0 Å². The molecule has 0 aromatic carbocycles. The maximum Gasteiger partial charge on any atom is 0.0570 e. The summed E-state index contributed by atoms with van der Waals surface area (Å²) in [5, 5.41) is 3.61. The number of hydrogen-bond acceptors (Lipinski definition) is 2. The zero-order valence-electron chi connectivity index (χ0n) is 8.90. The van der Waals surface area contributed by atoms with Gasteiger partial charge in [-0.15, -0.1) is 0 Å². The van der Waals surface area contributed by atoms with Crippen LogP contribution in [0.5, 0.6) is 0 Å². The van der Waals surface area contributed by atoms with E-state index >= 15 is 0 Å². The normalized spacial score (nSPS) is 27.3. The summed E-state index contributed by atoms with van der Waals surface area (Å²) >= 11 is 0. The lowest BCUT2D eigenvalue weighted by molar-refractivity contribution is 0.529. The number of nitrogens with zero attached hydrogens (tertiary/aromatic N) is 1. The van der Waals surface area contributed by atoms with Crippen LogP contribution in [0.25, 0.3) is 0 Å². The Morgan fingerprint density at radius 2 is 2.43 bits per heavy atom. The molecule has 0 radical (unpaired) electrons. The molecular formula is C12H18N2. The van der Waals surface area contributed by atoms with Gasteiger partial charge in [-0.2, -0.15) is 0 Å². The predicted molar refractivity (Wildman–Crippen MR) is 58.0 cm³/mol. The van der Waals surface area contributed by atoms with Crippen molar-refractivity contribution in [2.75, 3.05) is 0 Å². The second-order valence-corrected chi connectivity index (χ2v) is 4.15. The van der Waals surface area contributed by atoms with Crippen LogP contribution in [0.15, 0.2) is 24.4 Å². The van der Waals surface area contributed by atoms with E-state index in [1.54, 1.807) is 0 Å². The van der Waals surface area contributed by atoms with E-state index in [9.17, 15) is 0 Å². The summed E-state index contributed by atoms with van der Waals surface area (Å²) in [7, 11) is 0. The third-order valence-corrected chi connectivity index (χ3v) is 3.04. The lowest BCUT2D eigenvalue weighted by atomic mass is 10.2. The van der Waals surface area contributed by atoms with E-state index in [0.717, 1.165) is 17.7 Å². The van der Waals surface area contributed by atoms with Crippen molar-refractivity contribution in [1.82, 2.24) is 10.3 Å². The van der Waals surface area contributed by atoms with Crippen LogP contribution in [0.3, 0.4) is 0 Å². The van der Waals surface area contributed by atoms with E-state index in [4.69, 9.17) is 0 Å². The van der Waals surface area contributed by atoms with Crippen molar-refractivity contribution in [2.24, 2.45) is 5.92 Å². The summed E-state index contributed by atoms with van der Waals surface area (Å²) in [6.07, 6.45) is 4.50. The Morgan fingerprint density at radius 3 is 3.00 bits per heavy atom. The van der Waals surface area contributed by atoms with Gasteiger partial charge in [-0.1, -0.05) is 19.4 Å². The van der Waals surface area contributed by atoms with E-state index in [1.807, 2.05) is 18.3 Å². The second kappa shape index (κ2) is 4.09. The molecule has 1 saturated carbocycles. The molecule has 0 amide bonds. The monoisotopic (exact) mass is 190 g/mol. The van der Waals surface area contributed by atoms with Crippen molar-refractivity contribution in [1.29, 1.82) is 0 Å². The minimum Gasteiger partial charge on any atom is -0.306 e. The predicted octanol–water partition coefficient (Wildman–Crippen LogP) is 2.53. The maximum atomic E-state index is 4.35. The molecule has 1 heterocycles. The maximum absolute atomic E-state index is 4.35. The van der Waals surface area contributed by atoms with Gasteiger partial charge in [0.2, 0.25) is 0 Å². The SMILES string of the molecule is CCC1CC1NC(C)c1ccccn1. The van der Waals surface area contributed by atoms with Crippen molar-refractivity contribution in [2.45, 2.75) is 38.8 Å². The lowest BCUT2D eigenvalue weighted by Gasteiger charge is -2.12. The fourth-order valence-corrected chi connectivity index (χ4v) is 1.94. The first-order valence-electron chi connectivity index (χ1n) is 5.48. The van der Waals surface area contributed by atoms with Crippen molar-refractivity contribution in [3.05, 3.63) is 30.1 Å². The third-order valence-electron chi connectivity index (χ3n) is 3.04. The van der Waals surface area contributed by atoms with Crippen LogP contribution in [0.2, 0.25) is 0 Å². The Hall–Kier alpha value is -0.890. The highest BCUT2D eigenvalue weighted by molar-refractivity contribution is 5.09. The van der Waals surface area contributed by atoms with Crippen molar-refractivity contribution in [3.63, 3.8) is 0 Å². The van der Waals surface area contributed by atoms with E-state index in [2.05, 4.69) is 30.2 Å². The summed E-state index contributed by atoms with van der Waals surface area (Å²) in [6, 6.07) is 7.21. The molecule has 1 aliphatic carbocycles. The molecule has 0 spiro atoms. The fourth-order valence-electron chi connectivity index (χ4n) is 1.94. The molecular weight excluding hydrogens is 172 g/mol. The molecule has 0 aliphatic heterocycles. The number of pyridine rings is 1. The first kappa shape index (κ1) is 9.66. The van der Waals surface area contributed by atoms with Crippen molar-refractivity contribution >= 4 is 0 Å². The minimum absolute atomic E-state index is 0.387. The Bertz CT molecular complexity index is 284. The van der Waals surface area contributed by atoms with Gasteiger partial charge in [-0.05, 0) is 31.4 Å². The number of nitrogens with one attached hydrogen (secondary N) is 1. The standard InChI is InChI=1S/C12H18N2/c1-3-10-8-12(10)14-9(2)11-6-4-5-7-13-11/h4-7,9-10,12,14H,3,8H2,1-2H3. The summed E-state index contributed by atoms with van der Waals surface area (Å²) in [6.45, 7) is 4.45. The summed E-state index contributed by atoms with van der Waals surface area (Å²) in [5.41, 5.74) is 1.15.